The molecule has 3 rings (SSSR count). The minimum absolute atomic E-state index is 0. The number of hydrogen-bond donors (Lipinski definition) is 2. The number of anilines is 1. The summed E-state index contributed by atoms with van der Waals surface area (Å²) in [7, 11) is 0. The average Bonchev–Trinajstić information content (AvgIpc) is 2.74. The van der Waals surface area contributed by atoms with Crippen LogP contribution in [0.5, 0.6) is 11.5 Å². The number of nitrogens with zero attached hydrogens (tertiary/aromatic N) is 3. The van der Waals surface area contributed by atoms with Crippen LogP contribution < -0.4 is 4.90 Å². The molecule has 170 valence electrons. The molecule has 2 aromatic rings. The second-order valence-electron chi connectivity index (χ2n) is 7.95. The zero-order valence-corrected chi connectivity index (χ0v) is 20.1. The fourth-order valence-corrected chi connectivity index (χ4v) is 3.98. The predicted molar refractivity (Wildman–Crippen MR) is 126 cm³/mol. The van der Waals surface area contributed by atoms with Crippen LogP contribution in [0.4, 0.5) is 5.69 Å². The molecular weight excluding hydrogens is 481 g/mol. The monoisotopic (exact) mass is 513 g/mol. The van der Waals surface area contributed by atoms with Crippen molar-refractivity contribution < 1.29 is 30.6 Å². The van der Waals surface area contributed by atoms with Crippen molar-refractivity contribution >= 4 is 18.1 Å². The van der Waals surface area contributed by atoms with Crippen LogP contribution in [0.25, 0.3) is 0 Å². The van der Waals surface area contributed by atoms with Crippen LogP contribution in [0.2, 0.25) is 0 Å². The van der Waals surface area contributed by atoms with Crippen molar-refractivity contribution in [1.29, 1.82) is 0 Å². The van der Waals surface area contributed by atoms with E-state index < -0.39 is 0 Å². The third-order valence-corrected chi connectivity index (χ3v) is 5.83. The first-order valence-electron chi connectivity index (χ1n) is 11.0. The molecule has 0 aliphatic heterocycles. The van der Waals surface area contributed by atoms with Crippen molar-refractivity contribution in [1.82, 2.24) is 0 Å². The molecule has 1 aliphatic rings. The van der Waals surface area contributed by atoms with Crippen molar-refractivity contribution in [3.05, 3.63) is 53.1 Å². The molecule has 0 amide bonds. The van der Waals surface area contributed by atoms with Gasteiger partial charge in [0.15, 0.2) is 0 Å². The van der Waals surface area contributed by atoms with Gasteiger partial charge in [-0.2, -0.15) is 0 Å². The van der Waals surface area contributed by atoms with E-state index >= 15 is 0 Å². The van der Waals surface area contributed by atoms with Gasteiger partial charge in [-0.3, -0.25) is 9.98 Å². The second kappa shape index (κ2) is 12.0. The SMILES string of the molecule is CCN(CC)c1ccc(C=NC2CCCCC2N=Cc2ccc(C)cc2O)c(O)c1.[Pd]. The molecule has 1 aliphatic carbocycles. The number of aromatic hydroxyl groups is 2. The molecule has 2 atom stereocenters. The number of phenolic OH excluding ortho intramolecular Hbond substituents is 2. The van der Waals surface area contributed by atoms with E-state index in [1.165, 1.54) is 0 Å². The Morgan fingerprint density at radius 2 is 1.39 bits per heavy atom. The van der Waals surface area contributed by atoms with Gasteiger partial charge in [0.1, 0.15) is 11.5 Å². The number of phenols is 2. The average molecular weight is 514 g/mol. The summed E-state index contributed by atoms with van der Waals surface area (Å²) in [6.45, 7) is 7.98. The van der Waals surface area contributed by atoms with E-state index in [4.69, 9.17) is 9.98 Å². The molecule has 1 fully saturated rings. The van der Waals surface area contributed by atoms with Crippen LogP contribution in [0, 0.1) is 6.92 Å². The third kappa shape index (κ3) is 6.66. The Labute approximate surface area is 199 Å². The molecule has 0 spiro atoms. The molecule has 2 aromatic carbocycles. The molecular formula is C25H33N3O2Pd. The maximum absolute atomic E-state index is 10.5. The van der Waals surface area contributed by atoms with Gasteiger partial charge in [0, 0.05) is 68.8 Å². The molecule has 0 saturated heterocycles. The van der Waals surface area contributed by atoms with Gasteiger partial charge in [-0.15, -0.1) is 0 Å². The van der Waals surface area contributed by atoms with Gasteiger partial charge >= 0.3 is 0 Å². The van der Waals surface area contributed by atoms with Crippen LogP contribution in [0.1, 0.15) is 56.2 Å². The predicted octanol–water partition coefficient (Wildman–Crippen LogP) is 5.10. The summed E-state index contributed by atoms with van der Waals surface area (Å²) in [5, 5.41) is 20.6. The second-order valence-corrected chi connectivity index (χ2v) is 7.95. The van der Waals surface area contributed by atoms with Crippen LogP contribution in [0.15, 0.2) is 46.4 Å². The summed E-state index contributed by atoms with van der Waals surface area (Å²) in [5.74, 6) is 0.511. The van der Waals surface area contributed by atoms with Gasteiger partial charge in [-0.1, -0.05) is 18.9 Å². The Morgan fingerprint density at radius 3 is 1.87 bits per heavy atom. The Hall–Kier alpha value is -2.16. The Bertz CT molecular complexity index is 910. The third-order valence-electron chi connectivity index (χ3n) is 5.83. The van der Waals surface area contributed by atoms with Gasteiger partial charge in [-0.25, -0.2) is 0 Å². The number of aryl methyl sites for hydroxylation is 1. The molecule has 0 radical (unpaired) electrons. The first-order valence-corrected chi connectivity index (χ1v) is 11.0. The van der Waals surface area contributed by atoms with Crippen molar-refractivity contribution in [3.8, 4) is 11.5 Å². The number of rotatable bonds is 7. The number of benzene rings is 2. The van der Waals surface area contributed by atoms with Crippen molar-refractivity contribution in [2.75, 3.05) is 18.0 Å². The van der Waals surface area contributed by atoms with Gasteiger partial charge in [0.25, 0.3) is 0 Å². The molecule has 6 heteroatoms. The number of hydrogen-bond acceptors (Lipinski definition) is 5. The molecule has 1 saturated carbocycles. The minimum atomic E-state index is 0. The molecule has 31 heavy (non-hydrogen) atoms. The van der Waals surface area contributed by atoms with Gasteiger partial charge in [-0.05, 0) is 63.4 Å². The quantitative estimate of drug-likeness (QED) is 0.400. The van der Waals surface area contributed by atoms with Crippen LogP contribution in [0.3, 0.4) is 0 Å². The molecule has 5 nitrogen and oxygen atoms in total. The summed E-state index contributed by atoms with van der Waals surface area (Å²) >= 11 is 0. The van der Waals surface area contributed by atoms with Crippen LogP contribution >= 0.6 is 0 Å². The van der Waals surface area contributed by atoms with Crippen molar-refractivity contribution in [3.63, 3.8) is 0 Å². The summed E-state index contributed by atoms with van der Waals surface area (Å²) in [6.07, 6.45) is 7.79. The summed E-state index contributed by atoms with van der Waals surface area (Å²) in [6, 6.07) is 11.6. The zero-order valence-electron chi connectivity index (χ0n) is 18.6. The fourth-order valence-electron chi connectivity index (χ4n) is 3.98. The van der Waals surface area contributed by atoms with E-state index in [0.717, 1.165) is 61.2 Å². The van der Waals surface area contributed by atoms with E-state index in [1.807, 2.05) is 37.3 Å². The Balaban J connectivity index is 0.00000341. The van der Waals surface area contributed by atoms with Crippen LogP contribution in [-0.2, 0) is 20.4 Å². The first-order chi connectivity index (χ1) is 14.5. The molecule has 0 aromatic heterocycles. The summed E-state index contributed by atoms with van der Waals surface area (Å²) in [4.78, 5) is 11.7. The minimum Gasteiger partial charge on any atom is -0.507 e. The summed E-state index contributed by atoms with van der Waals surface area (Å²) < 4.78 is 0. The van der Waals surface area contributed by atoms with Crippen molar-refractivity contribution in [2.24, 2.45) is 9.98 Å². The normalized spacial score (nSPS) is 18.9. The first kappa shape index (κ1) is 25.1. The topological polar surface area (TPSA) is 68.4 Å². The fraction of sp³-hybridized carbons (Fsp3) is 0.440. The van der Waals surface area contributed by atoms with Crippen LogP contribution in [-0.4, -0.2) is 47.8 Å². The number of aliphatic imine (C=N–C) groups is 2. The maximum Gasteiger partial charge on any atom is 0.126 e. The molecule has 0 heterocycles. The van der Waals surface area contributed by atoms with Gasteiger partial charge in [0.2, 0.25) is 0 Å². The zero-order chi connectivity index (χ0) is 21.5. The van der Waals surface area contributed by atoms with E-state index in [9.17, 15) is 10.2 Å². The maximum atomic E-state index is 10.5. The molecule has 0 bridgehead atoms. The summed E-state index contributed by atoms with van der Waals surface area (Å²) in [5.41, 5.74) is 3.51. The van der Waals surface area contributed by atoms with E-state index in [2.05, 4.69) is 18.7 Å². The van der Waals surface area contributed by atoms with E-state index in [-0.39, 0.29) is 44.0 Å². The smallest absolute Gasteiger partial charge is 0.126 e. The van der Waals surface area contributed by atoms with E-state index in [0.29, 0.717) is 0 Å². The molecule has 2 N–H and O–H groups in total. The largest absolute Gasteiger partial charge is 0.507 e. The molecule has 2 unspecified atom stereocenters. The van der Waals surface area contributed by atoms with Gasteiger partial charge in [0.05, 0.1) is 12.1 Å². The Morgan fingerprint density at radius 1 is 0.871 bits per heavy atom. The van der Waals surface area contributed by atoms with E-state index in [1.54, 1.807) is 18.5 Å². The Kier molecular flexibility index (Phi) is 9.74. The standard InChI is InChI=1S/C25H33N3O2.Pd/c1-4-28(5-2)21-13-12-20(25(30)15-21)17-27-23-9-7-6-8-22(23)26-16-19-11-10-18(3)14-24(19)29;/h10-17,22-23,29-30H,4-9H2,1-3H3;. The van der Waals surface area contributed by atoms with Crippen molar-refractivity contribution in [2.45, 2.75) is 58.5 Å². The van der Waals surface area contributed by atoms with Gasteiger partial charge < -0.3 is 15.1 Å².